The van der Waals surface area contributed by atoms with Gasteiger partial charge < -0.3 is 19.8 Å². The summed E-state index contributed by atoms with van der Waals surface area (Å²) in [7, 11) is 1.75. The monoisotopic (exact) mass is 433 g/mol. The largest absolute Gasteiger partial charge is 0.468 e. The van der Waals surface area contributed by atoms with E-state index in [1.165, 1.54) is 24.2 Å². The van der Waals surface area contributed by atoms with Crippen molar-refractivity contribution in [2.75, 3.05) is 33.3 Å². The highest BCUT2D eigenvalue weighted by molar-refractivity contribution is 7.13. The van der Waals surface area contributed by atoms with Crippen molar-refractivity contribution in [1.82, 2.24) is 20.5 Å². The first-order chi connectivity index (χ1) is 14.5. The smallest absolute Gasteiger partial charge is 0.350 e. The lowest BCUT2D eigenvalue weighted by Gasteiger charge is -2.27. The first kappa shape index (κ1) is 22.3. The van der Waals surface area contributed by atoms with E-state index in [9.17, 15) is 4.79 Å². The number of likely N-dealkylation sites (tertiary alicyclic amines) is 1. The molecule has 0 amide bonds. The summed E-state index contributed by atoms with van der Waals surface area (Å²) >= 11 is 1.36. The number of nitrogens with one attached hydrogen (secondary N) is 2. The summed E-state index contributed by atoms with van der Waals surface area (Å²) in [4.78, 5) is 24.0. The van der Waals surface area contributed by atoms with Crippen molar-refractivity contribution in [3.63, 3.8) is 0 Å². The minimum atomic E-state index is -0.319. The van der Waals surface area contributed by atoms with E-state index < -0.39 is 0 Å². The van der Waals surface area contributed by atoms with Gasteiger partial charge in [-0.1, -0.05) is 0 Å². The highest BCUT2D eigenvalue weighted by Crippen LogP contribution is 2.26. The van der Waals surface area contributed by atoms with Crippen LogP contribution < -0.4 is 10.6 Å². The molecule has 1 saturated heterocycles. The van der Waals surface area contributed by atoms with Gasteiger partial charge in [-0.15, -0.1) is 11.3 Å². The predicted octanol–water partition coefficient (Wildman–Crippen LogP) is 3.28. The van der Waals surface area contributed by atoms with Crippen molar-refractivity contribution in [2.45, 2.75) is 45.7 Å². The Hall–Kier alpha value is -2.39. The van der Waals surface area contributed by atoms with Crippen LogP contribution in [-0.4, -0.2) is 55.1 Å². The maximum atomic E-state index is 12.1. The third-order valence-corrected chi connectivity index (χ3v) is 6.46. The fourth-order valence-corrected chi connectivity index (χ4v) is 4.55. The molecule has 0 aliphatic carbocycles. The number of aliphatic imine (C=N–C) groups is 1. The van der Waals surface area contributed by atoms with Crippen molar-refractivity contribution in [3.05, 3.63) is 39.7 Å². The molecule has 2 atom stereocenters. The summed E-state index contributed by atoms with van der Waals surface area (Å²) in [6, 6.07) is 4.02. The van der Waals surface area contributed by atoms with Crippen molar-refractivity contribution in [1.29, 1.82) is 0 Å². The van der Waals surface area contributed by atoms with E-state index in [4.69, 9.17) is 9.15 Å². The summed E-state index contributed by atoms with van der Waals surface area (Å²) < 4.78 is 10.8. The SMILES string of the molecule is CCOC(=O)c1sc(C(C)NC(=NC)NCC(c2ccco2)N2CCCC2)nc1C. The van der Waals surface area contributed by atoms with Gasteiger partial charge in [-0.25, -0.2) is 9.78 Å². The van der Waals surface area contributed by atoms with Crippen LogP contribution in [0.25, 0.3) is 0 Å². The number of aryl methyl sites for hydroxylation is 1. The second-order valence-electron chi connectivity index (χ2n) is 7.28. The lowest BCUT2D eigenvalue weighted by molar-refractivity contribution is 0.0531. The predicted molar refractivity (Wildman–Crippen MR) is 118 cm³/mol. The molecule has 0 spiro atoms. The highest BCUT2D eigenvalue weighted by atomic mass is 32.1. The van der Waals surface area contributed by atoms with Gasteiger partial charge in [0.15, 0.2) is 5.96 Å². The summed E-state index contributed by atoms with van der Waals surface area (Å²) in [6.07, 6.45) is 4.15. The Morgan fingerprint density at radius 3 is 2.83 bits per heavy atom. The van der Waals surface area contributed by atoms with Gasteiger partial charge in [0.05, 0.1) is 30.6 Å². The Balaban J connectivity index is 1.62. The van der Waals surface area contributed by atoms with E-state index in [1.54, 1.807) is 20.2 Å². The lowest BCUT2D eigenvalue weighted by Crippen LogP contribution is -2.43. The Morgan fingerprint density at radius 2 is 2.20 bits per heavy atom. The van der Waals surface area contributed by atoms with Crippen LogP contribution >= 0.6 is 11.3 Å². The van der Waals surface area contributed by atoms with E-state index in [0.717, 1.165) is 23.9 Å². The number of carbonyl (C=O) groups is 1. The number of ether oxygens (including phenoxy) is 1. The topological polar surface area (TPSA) is 92.0 Å². The van der Waals surface area contributed by atoms with Crippen LogP contribution in [0.2, 0.25) is 0 Å². The average Bonchev–Trinajstić information content (AvgIpc) is 3.49. The fraction of sp³-hybridized carbons (Fsp3) is 0.571. The van der Waals surface area contributed by atoms with Crippen LogP contribution in [0.5, 0.6) is 0 Å². The molecule has 2 unspecified atom stereocenters. The standard InChI is InChI=1S/C21H31N5O3S/c1-5-28-20(27)18-14(2)24-19(30-18)15(3)25-21(22-4)23-13-16(17-9-8-12-29-17)26-10-6-7-11-26/h8-9,12,15-16H,5-7,10-11,13H2,1-4H3,(H2,22,23,25). The van der Waals surface area contributed by atoms with Gasteiger partial charge in [-0.2, -0.15) is 0 Å². The third-order valence-electron chi connectivity index (χ3n) is 5.14. The summed E-state index contributed by atoms with van der Waals surface area (Å²) in [6.45, 7) is 8.82. The number of furan rings is 1. The van der Waals surface area contributed by atoms with E-state index in [2.05, 4.69) is 25.5 Å². The van der Waals surface area contributed by atoms with Gasteiger partial charge in [0.25, 0.3) is 0 Å². The molecule has 8 nitrogen and oxygen atoms in total. The summed E-state index contributed by atoms with van der Waals surface area (Å²) in [5.41, 5.74) is 0.692. The molecule has 1 aliphatic rings. The molecule has 3 heterocycles. The zero-order chi connectivity index (χ0) is 21.5. The molecular weight excluding hydrogens is 402 g/mol. The quantitative estimate of drug-likeness (QED) is 0.375. The van der Waals surface area contributed by atoms with Gasteiger partial charge in [0.1, 0.15) is 15.6 Å². The first-order valence-corrected chi connectivity index (χ1v) is 11.2. The molecule has 0 saturated carbocycles. The molecule has 1 fully saturated rings. The molecule has 164 valence electrons. The Labute approximate surface area is 181 Å². The number of thiazole rings is 1. The zero-order valence-electron chi connectivity index (χ0n) is 18.1. The average molecular weight is 434 g/mol. The van der Waals surface area contributed by atoms with Crippen LogP contribution in [0.4, 0.5) is 0 Å². The minimum absolute atomic E-state index is 0.100. The van der Waals surface area contributed by atoms with Gasteiger partial charge in [0, 0.05) is 13.6 Å². The Kier molecular flexibility index (Phi) is 7.87. The van der Waals surface area contributed by atoms with E-state index in [-0.39, 0.29) is 18.1 Å². The van der Waals surface area contributed by atoms with Crippen LogP contribution in [0.15, 0.2) is 27.8 Å². The van der Waals surface area contributed by atoms with Gasteiger partial charge in [0.2, 0.25) is 0 Å². The van der Waals surface area contributed by atoms with E-state index in [0.29, 0.717) is 29.7 Å². The van der Waals surface area contributed by atoms with Crippen LogP contribution in [-0.2, 0) is 4.74 Å². The number of nitrogens with zero attached hydrogens (tertiary/aromatic N) is 3. The Morgan fingerprint density at radius 1 is 1.43 bits per heavy atom. The van der Waals surface area contributed by atoms with Gasteiger partial charge in [-0.05, 0) is 58.8 Å². The molecule has 30 heavy (non-hydrogen) atoms. The molecule has 9 heteroatoms. The number of hydrogen-bond donors (Lipinski definition) is 2. The molecule has 2 aromatic rings. The second-order valence-corrected chi connectivity index (χ2v) is 8.31. The molecule has 0 bridgehead atoms. The van der Waals surface area contributed by atoms with Crippen molar-refractivity contribution in [3.8, 4) is 0 Å². The number of aromatic nitrogens is 1. The maximum absolute atomic E-state index is 12.1. The fourth-order valence-electron chi connectivity index (χ4n) is 3.59. The number of esters is 1. The molecule has 0 aromatic carbocycles. The number of hydrogen-bond acceptors (Lipinski definition) is 7. The first-order valence-electron chi connectivity index (χ1n) is 10.4. The van der Waals surface area contributed by atoms with E-state index >= 15 is 0 Å². The van der Waals surface area contributed by atoms with Crippen LogP contribution in [0.3, 0.4) is 0 Å². The third kappa shape index (κ3) is 5.40. The van der Waals surface area contributed by atoms with Crippen LogP contribution in [0.1, 0.15) is 64.9 Å². The molecule has 2 aromatic heterocycles. The number of carbonyl (C=O) groups excluding carboxylic acids is 1. The van der Waals surface area contributed by atoms with Crippen LogP contribution in [0, 0.1) is 6.92 Å². The van der Waals surface area contributed by atoms with Crippen molar-refractivity contribution in [2.24, 2.45) is 4.99 Å². The second kappa shape index (κ2) is 10.6. The molecule has 0 radical (unpaired) electrons. The summed E-state index contributed by atoms with van der Waals surface area (Å²) in [5, 5.41) is 7.61. The number of guanidine groups is 1. The summed E-state index contributed by atoms with van der Waals surface area (Å²) in [5.74, 6) is 1.33. The Bertz CT molecular complexity index is 843. The maximum Gasteiger partial charge on any atom is 0.350 e. The van der Waals surface area contributed by atoms with E-state index in [1.807, 2.05) is 26.0 Å². The highest BCUT2D eigenvalue weighted by Gasteiger charge is 2.26. The lowest BCUT2D eigenvalue weighted by atomic mass is 10.2. The molecule has 1 aliphatic heterocycles. The van der Waals surface area contributed by atoms with Gasteiger partial charge >= 0.3 is 5.97 Å². The zero-order valence-corrected chi connectivity index (χ0v) is 18.9. The minimum Gasteiger partial charge on any atom is -0.468 e. The normalized spacial score (nSPS) is 17.0. The molecule has 2 N–H and O–H groups in total. The van der Waals surface area contributed by atoms with Crippen molar-refractivity contribution >= 4 is 23.3 Å². The van der Waals surface area contributed by atoms with Crippen molar-refractivity contribution < 1.29 is 13.9 Å². The molecular formula is C21H31N5O3S. The van der Waals surface area contributed by atoms with Gasteiger partial charge in [-0.3, -0.25) is 9.89 Å². The number of rotatable bonds is 8. The molecule has 3 rings (SSSR count).